The predicted octanol–water partition coefficient (Wildman–Crippen LogP) is 7.67. The molecule has 0 radical (unpaired) electrons. The lowest BCUT2D eigenvalue weighted by molar-refractivity contribution is -0.185. The van der Waals surface area contributed by atoms with Gasteiger partial charge in [-0.15, -0.1) is 0 Å². The zero-order chi connectivity index (χ0) is 33.6. The molecule has 0 unspecified atom stereocenters. The number of unbranched alkanes of at least 4 members (excludes halogenated alkanes) is 3. The molecule has 8 nitrogen and oxygen atoms in total. The summed E-state index contributed by atoms with van der Waals surface area (Å²) in [6.07, 6.45) is -3.73. The average molecular weight is 651 g/mol. The number of hydrogen-bond acceptors (Lipinski definition) is 8. The highest BCUT2D eigenvalue weighted by molar-refractivity contribution is 5.91. The molecule has 0 bridgehead atoms. The van der Waals surface area contributed by atoms with Crippen molar-refractivity contribution in [2.24, 2.45) is 0 Å². The van der Waals surface area contributed by atoms with Gasteiger partial charge in [0.25, 0.3) is 0 Å². The number of halogens is 5. The van der Waals surface area contributed by atoms with Crippen LogP contribution in [0.5, 0.6) is 11.5 Å². The second kappa shape index (κ2) is 17.0. The third-order valence-electron chi connectivity index (χ3n) is 6.33. The van der Waals surface area contributed by atoms with Crippen LogP contribution in [-0.4, -0.2) is 37.9 Å². The summed E-state index contributed by atoms with van der Waals surface area (Å²) in [5.41, 5.74) is 12.5. The van der Waals surface area contributed by atoms with Gasteiger partial charge in [0.2, 0.25) is 0 Å². The number of nitrogens with two attached hydrogens (primary N) is 2. The standard InChI is InChI=1S/C33H35F5N2O6/c34-32(35,36)16-5-19-43-28-13-9-25(10-14-28)33(37,38)46-29-11-6-23(7-12-29)8-15-30(41)44-17-3-1-2-4-18-45-31(42)24-20-26(39)22-27(40)21-24/h6-15,20-22H,1-5,16-19,39-40H2/b15-8+. The average Bonchev–Trinajstić information content (AvgIpc) is 2.99. The van der Waals surface area contributed by atoms with Gasteiger partial charge in [0.15, 0.2) is 0 Å². The van der Waals surface area contributed by atoms with Crippen LogP contribution in [-0.2, 0) is 20.4 Å². The first-order valence-corrected chi connectivity index (χ1v) is 14.5. The normalized spacial score (nSPS) is 11.8. The summed E-state index contributed by atoms with van der Waals surface area (Å²) < 4.78 is 86.2. The molecule has 46 heavy (non-hydrogen) atoms. The topological polar surface area (TPSA) is 123 Å². The molecule has 0 aliphatic carbocycles. The van der Waals surface area contributed by atoms with Gasteiger partial charge in [0, 0.05) is 23.9 Å². The molecule has 0 saturated heterocycles. The largest absolute Gasteiger partial charge is 0.494 e. The van der Waals surface area contributed by atoms with E-state index < -0.39 is 36.2 Å². The fourth-order valence-corrected chi connectivity index (χ4v) is 4.05. The van der Waals surface area contributed by atoms with Gasteiger partial charge < -0.3 is 30.4 Å². The maximum atomic E-state index is 14.6. The first-order valence-electron chi connectivity index (χ1n) is 14.5. The van der Waals surface area contributed by atoms with Crippen LogP contribution in [0.2, 0.25) is 0 Å². The second-order valence-electron chi connectivity index (χ2n) is 10.2. The monoisotopic (exact) mass is 650 g/mol. The van der Waals surface area contributed by atoms with Gasteiger partial charge in [-0.2, -0.15) is 22.0 Å². The van der Waals surface area contributed by atoms with Gasteiger partial charge in [-0.3, -0.25) is 0 Å². The van der Waals surface area contributed by atoms with Crippen LogP contribution in [0.15, 0.2) is 72.8 Å². The lowest BCUT2D eigenvalue weighted by Gasteiger charge is -2.18. The van der Waals surface area contributed by atoms with Crippen LogP contribution in [0, 0.1) is 0 Å². The summed E-state index contributed by atoms with van der Waals surface area (Å²) in [5.74, 6) is -1.02. The number of carbonyl (C=O) groups is 2. The van der Waals surface area contributed by atoms with Crippen LogP contribution >= 0.6 is 0 Å². The summed E-state index contributed by atoms with van der Waals surface area (Å²) >= 11 is 0. The Balaban J connectivity index is 1.31. The van der Waals surface area contributed by atoms with Crippen LogP contribution in [0.1, 0.15) is 60.0 Å². The molecule has 0 aliphatic rings. The van der Waals surface area contributed by atoms with Gasteiger partial charge in [-0.25, -0.2) is 9.59 Å². The molecule has 0 aromatic heterocycles. The van der Waals surface area contributed by atoms with Crippen molar-refractivity contribution in [2.45, 2.75) is 50.8 Å². The summed E-state index contributed by atoms with van der Waals surface area (Å²) in [4.78, 5) is 24.0. The molecule has 13 heteroatoms. The van der Waals surface area contributed by atoms with Crippen molar-refractivity contribution in [3.05, 3.63) is 89.5 Å². The maximum absolute atomic E-state index is 14.6. The summed E-state index contributed by atoms with van der Waals surface area (Å²) in [6, 6.07) is 14.7. The maximum Gasteiger partial charge on any atom is 0.426 e. The molecular formula is C33H35F5N2O6. The molecule has 3 aromatic rings. The van der Waals surface area contributed by atoms with E-state index in [0.29, 0.717) is 35.3 Å². The van der Waals surface area contributed by atoms with E-state index in [1.165, 1.54) is 60.7 Å². The third-order valence-corrected chi connectivity index (χ3v) is 6.33. The quantitative estimate of drug-likeness (QED) is 0.0502. The highest BCUT2D eigenvalue weighted by Crippen LogP contribution is 2.33. The highest BCUT2D eigenvalue weighted by atomic mass is 19.4. The van der Waals surface area contributed by atoms with Gasteiger partial charge in [0.05, 0.1) is 30.9 Å². The molecular weight excluding hydrogens is 615 g/mol. The fraction of sp³-hybridized carbons (Fsp3) is 0.333. The predicted molar refractivity (Wildman–Crippen MR) is 162 cm³/mol. The fourth-order valence-electron chi connectivity index (χ4n) is 4.05. The number of rotatable bonds is 17. The van der Waals surface area contributed by atoms with Crippen molar-refractivity contribution in [1.29, 1.82) is 0 Å². The van der Waals surface area contributed by atoms with Crippen LogP contribution in [0.3, 0.4) is 0 Å². The minimum atomic E-state index is -4.28. The van der Waals surface area contributed by atoms with Gasteiger partial charge in [-0.05, 0) is 98.3 Å². The minimum Gasteiger partial charge on any atom is -0.494 e. The van der Waals surface area contributed by atoms with Crippen molar-refractivity contribution in [3.63, 3.8) is 0 Å². The van der Waals surface area contributed by atoms with E-state index in [0.717, 1.165) is 25.0 Å². The molecule has 0 saturated carbocycles. The van der Waals surface area contributed by atoms with Crippen molar-refractivity contribution < 1.29 is 50.5 Å². The number of ether oxygens (including phenoxy) is 4. The van der Waals surface area contributed by atoms with Crippen LogP contribution < -0.4 is 20.9 Å². The Morgan fingerprint density at radius 2 is 1.28 bits per heavy atom. The van der Waals surface area contributed by atoms with E-state index in [1.807, 2.05) is 0 Å². The van der Waals surface area contributed by atoms with Crippen LogP contribution in [0.4, 0.5) is 33.3 Å². The molecule has 0 aliphatic heterocycles. The van der Waals surface area contributed by atoms with Crippen molar-refractivity contribution in [3.8, 4) is 11.5 Å². The lowest BCUT2D eigenvalue weighted by Crippen LogP contribution is -2.21. The molecule has 0 heterocycles. The lowest BCUT2D eigenvalue weighted by atomic mass is 10.2. The number of alkyl halides is 5. The van der Waals surface area contributed by atoms with Gasteiger partial charge >= 0.3 is 24.2 Å². The minimum absolute atomic E-state index is 0.124. The van der Waals surface area contributed by atoms with E-state index in [2.05, 4.69) is 0 Å². The highest BCUT2D eigenvalue weighted by Gasteiger charge is 2.34. The van der Waals surface area contributed by atoms with Gasteiger partial charge in [0.1, 0.15) is 11.5 Å². The Kier molecular flexibility index (Phi) is 13.2. The zero-order valence-electron chi connectivity index (χ0n) is 24.9. The Morgan fingerprint density at radius 1 is 0.696 bits per heavy atom. The number of carbonyl (C=O) groups excluding carboxylic acids is 2. The molecule has 0 fully saturated rings. The Labute approximate surface area is 263 Å². The smallest absolute Gasteiger partial charge is 0.426 e. The number of anilines is 2. The zero-order valence-corrected chi connectivity index (χ0v) is 24.9. The van der Waals surface area contributed by atoms with E-state index in [1.54, 1.807) is 6.07 Å². The second-order valence-corrected chi connectivity index (χ2v) is 10.2. The van der Waals surface area contributed by atoms with Crippen molar-refractivity contribution >= 4 is 29.4 Å². The number of benzene rings is 3. The molecule has 0 amide bonds. The Morgan fingerprint density at radius 3 is 1.89 bits per heavy atom. The summed E-state index contributed by atoms with van der Waals surface area (Å²) in [6.45, 7) is 0.244. The van der Waals surface area contributed by atoms with E-state index >= 15 is 0 Å². The molecule has 0 spiro atoms. The Hall–Kier alpha value is -4.81. The number of nitrogen functional groups attached to an aromatic ring is 2. The third kappa shape index (κ3) is 13.0. The number of hydrogen-bond donors (Lipinski definition) is 2. The molecule has 3 rings (SSSR count). The van der Waals surface area contributed by atoms with Crippen LogP contribution in [0.25, 0.3) is 6.08 Å². The van der Waals surface area contributed by atoms with Gasteiger partial charge in [-0.1, -0.05) is 12.1 Å². The summed E-state index contributed by atoms with van der Waals surface area (Å²) in [7, 11) is 0. The molecule has 3 aromatic carbocycles. The van der Waals surface area contributed by atoms with E-state index in [4.69, 9.17) is 30.4 Å². The molecule has 4 N–H and O–H groups in total. The number of esters is 2. The Bertz CT molecular complexity index is 1420. The molecule has 0 atom stereocenters. The summed E-state index contributed by atoms with van der Waals surface area (Å²) in [5, 5.41) is 0. The van der Waals surface area contributed by atoms with E-state index in [-0.39, 0.29) is 37.7 Å². The first-order chi connectivity index (χ1) is 21.8. The van der Waals surface area contributed by atoms with Crippen molar-refractivity contribution in [1.82, 2.24) is 0 Å². The van der Waals surface area contributed by atoms with Crippen molar-refractivity contribution in [2.75, 3.05) is 31.3 Å². The van der Waals surface area contributed by atoms with E-state index in [9.17, 15) is 31.5 Å². The SMILES string of the molecule is Nc1cc(N)cc(C(=O)OCCCCCCOC(=O)/C=C/c2ccc(OC(F)(F)c3ccc(OCCCC(F)(F)F)cc3)cc2)c1. The molecule has 248 valence electrons. The first kappa shape index (κ1) is 35.7.